The third kappa shape index (κ3) is 1.05. The van der Waals surface area contributed by atoms with Gasteiger partial charge in [0.25, 0.3) is 0 Å². The first-order valence-corrected chi connectivity index (χ1v) is 4.21. The maximum atomic E-state index is 4.03. The number of hydrogen-bond donors (Lipinski definition) is 0. The van der Waals surface area contributed by atoms with Crippen LogP contribution in [-0.2, 0) is 0 Å². The van der Waals surface area contributed by atoms with Gasteiger partial charge in [-0.15, -0.1) is 11.3 Å². The van der Waals surface area contributed by atoms with Gasteiger partial charge in [0.15, 0.2) is 0 Å². The molecule has 2 rings (SSSR count). The molecular weight excluding hydrogens is 158 g/mol. The predicted molar refractivity (Wildman–Crippen MR) is 44.0 cm³/mol. The average Bonchev–Trinajstić information content (AvgIpc) is 2.55. The first kappa shape index (κ1) is 6.54. The molecule has 0 atom stereocenters. The zero-order valence-electron chi connectivity index (χ0n) is 6.06. The Morgan fingerprint density at radius 2 is 2.00 bits per heavy atom. The van der Waals surface area contributed by atoms with Gasteiger partial charge in [0.05, 0.1) is 18.1 Å². The molecule has 0 fully saturated rings. The van der Waals surface area contributed by atoms with Gasteiger partial charge in [-0.2, -0.15) is 15.0 Å². The monoisotopic (exact) mass is 165 g/mol. The molecule has 0 aliphatic heterocycles. The van der Waals surface area contributed by atoms with Crippen LogP contribution >= 0.6 is 11.3 Å². The van der Waals surface area contributed by atoms with E-state index in [0.717, 1.165) is 5.69 Å². The lowest BCUT2D eigenvalue weighted by atomic mass is 10.3. The number of hydrogen-bond acceptors (Lipinski definition) is 3. The highest BCUT2D eigenvalue weighted by atomic mass is 32.1. The fraction of sp³-hybridized carbons (Fsp3) is 0.143. The van der Waals surface area contributed by atoms with Crippen LogP contribution in [0.5, 0.6) is 0 Å². The van der Waals surface area contributed by atoms with E-state index in [-0.39, 0.29) is 0 Å². The topological polar surface area (TPSA) is 30.7 Å². The molecule has 11 heavy (non-hydrogen) atoms. The van der Waals surface area contributed by atoms with Crippen LogP contribution in [0.25, 0.3) is 5.69 Å². The number of rotatable bonds is 1. The lowest BCUT2D eigenvalue weighted by Gasteiger charge is -1.94. The molecule has 3 nitrogen and oxygen atoms in total. The van der Waals surface area contributed by atoms with E-state index in [1.807, 2.05) is 5.38 Å². The quantitative estimate of drug-likeness (QED) is 0.643. The first-order valence-electron chi connectivity index (χ1n) is 3.27. The van der Waals surface area contributed by atoms with Crippen molar-refractivity contribution in [1.82, 2.24) is 15.0 Å². The number of thiophene rings is 1. The molecule has 0 aliphatic carbocycles. The van der Waals surface area contributed by atoms with Crippen LogP contribution in [0.1, 0.15) is 5.56 Å². The lowest BCUT2D eigenvalue weighted by molar-refractivity contribution is 0.750. The standard InChI is InChI=1S/C7H7N3S/c1-6-4-11-5-7(6)10-8-2-3-9-10/h2-5H,1H3. The van der Waals surface area contributed by atoms with E-state index in [1.165, 1.54) is 5.56 Å². The van der Waals surface area contributed by atoms with Crippen LogP contribution in [0.15, 0.2) is 23.2 Å². The second kappa shape index (κ2) is 2.47. The molecule has 0 saturated carbocycles. The van der Waals surface area contributed by atoms with Crippen molar-refractivity contribution in [3.8, 4) is 5.69 Å². The minimum absolute atomic E-state index is 1.07. The van der Waals surface area contributed by atoms with E-state index in [4.69, 9.17) is 0 Å². The SMILES string of the molecule is Cc1cscc1-n1nccn1. The van der Waals surface area contributed by atoms with Crippen molar-refractivity contribution in [2.75, 3.05) is 0 Å². The van der Waals surface area contributed by atoms with E-state index in [1.54, 1.807) is 28.5 Å². The van der Waals surface area contributed by atoms with E-state index in [0.29, 0.717) is 0 Å². The Hall–Kier alpha value is -1.16. The normalized spacial score (nSPS) is 10.3. The van der Waals surface area contributed by atoms with Gasteiger partial charge in [0.1, 0.15) is 0 Å². The summed E-state index contributed by atoms with van der Waals surface area (Å²) in [6, 6.07) is 0. The number of aromatic nitrogens is 3. The summed E-state index contributed by atoms with van der Waals surface area (Å²) in [4.78, 5) is 1.63. The molecule has 0 aliphatic rings. The summed E-state index contributed by atoms with van der Waals surface area (Å²) >= 11 is 1.66. The van der Waals surface area contributed by atoms with Crippen LogP contribution < -0.4 is 0 Å². The minimum Gasteiger partial charge on any atom is -0.157 e. The first-order chi connectivity index (χ1) is 5.38. The minimum atomic E-state index is 1.07. The molecular formula is C7H7N3S. The summed E-state index contributed by atoms with van der Waals surface area (Å²) in [7, 11) is 0. The van der Waals surface area contributed by atoms with Crippen molar-refractivity contribution in [1.29, 1.82) is 0 Å². The van der Waals surface area contributed by atoms with Crippen molar-refractivity contribution in [2.45, 2.75) is 6.92 Å². The Kier molecular flexibility index (Phi) is 1.47. The van der Waals surface area contributed by atoms with Gasteiger partial charge in [-0.3, -0.25) is 0 Å². The van der Waals surface area contributed by atoms with Gasteiger partial charge in [-0.05, 0) is 17.9 Å². The maximum absolute atomic E-state index is 4.03. The Bertz CT molecular complexity index is 336. The molecule has 0 unspecified atom stereocenters. The average molecular weight is 165 g/mol. The fourth-order valence-electron chi connectivity index (χ4n) is 0.899. The zero-order valence-corrected chi connectivity index (χ0v) is 6.88. The van der Waals surface area contributed by atoms with E-state index < -0.39 is 0 Å². The van der Waals surface area contributed by atoms with Crippen LogP contribution in [-0.4, -0.2) is 15.0 Å². The van der Waals surface area contributed by atoms with Crippen LogP contribution in [0.2, 0.25) is 0 Å². The Balaban J connectivity index is 2.53. The van der Waals surface area contributed by atoms with Gasteiger partial charge in [0, 0.05) is 5.38 Å². The number of nitrogens with zero attached hydrogens (tertiary/aromatic N) is 3. The molecule has 0 aromatic carbocycles. The summed E-state index contributed by atoms with van der Waals surface area (Å²) < 4.78 is 0. The molecule has 0 amide bonds. The highest BCUT2D eigenvalue weighted by Crippen LogP contribution is 2.15. The van der Waals surface area contributed by atoms with Gasteiger partial charge in [0.2, 0.25) is 0 Å². The van der Waals surface area contributed by atoms with Crippen molar-refractivity contribution in [3.05, 3.63) is 28.7 Å². The molecule has 0 spiro atoms. The largest absolute Gasteiger partial charge is 0.157 e. The molecule has 2 aromatic rings. The summed E-state index contributed by atoms with van der Waals surface area (Å²) in [5.41, 5.74) is 2.28. The van der Waals surface area contributed by atoms with Gasteiger partial charge in [-0.1, -0.05) is 0 Å². The van der Waals surface area contributed by atoms with Crippen LogP contribution in [0.4, 0.5) is 0 Å². The van der Waals surface area contributed by atoms with Crippen molar-refractivity contribution < 1.29 is 0 Å². The van der Waals surface area contributed by atoms with Crippen LogP contribution in [0, 0.1) is 6.92 Å². The summed E-state index contributed by atoms with van der Waals surface area (Å²) in [5, 5.41) is 12.2. The van der Waals surface area contributed by atoms with Gasteiger partial charge in [-0.25, -0.2) is 0 Å². The van der Waals surface area contributed by atoms with Gasteiger partial charge >= 0.3 is 0 Å². The third-order valence-electron chi connectivity index (χ3n) is 1.46. The number of aryl methyl sites for hydroxylation is 1. The Labute approximate surface area is 68.3 Å². The van der Waals surface area contributed by atoms with Gasteiger partial charge < -0.3 is 0 Å². The fourth-order valence-corrected chi connectivity index (χ4v) is 1.70. The molecule has 0 saturated heterocycles. The van der Waals surface area contributed by atoms with E-state index >= 15 is 0 Å². The summed E-state index contributed by atoms with van der Waals surface area (Å²) in [6.07, 6.45) is 3.36. The van der Waals surface area contributed by atoms with Crippen molar-refractivity contribution in [2.24, 2.45) is 0 Å². The third-order valence-corrected chi connectivity index (χ3v) is 2.31. The molecule has 4 heteroatoms. The highest BCUT2D eigenvalue weighted by molar-refractivity contribution is 7.08. The van der Waals surface area contributed by atoms with Crippen molar-refractivity contribution >= 4 is 11.3 Å². The summed E-state index contributed by atoms with van der Waals surface area (Å²) in [5.74, 6) is 0. The van der Waals surface area contributed by atoms with E-state index in [9.17, 15) is 0 Å². The smallest absolute Gasteiger partial charge is 0.0992 e. The second-order valence-electron chi connectivity index (χ2n) is 2.26. The predicted octanol–water partition coefficient (Wildman–Crippen LogP) is 1.64. The molecule has 2 aromatic heterocycles. The Morgan fingerprint density at radius 3 is 2.55 bits per heavy atom. The zero-order chi connectivity index (χ0) is 7.68. The molecule has 0 N–H and O–H groups in total. The Morgan fingerprint density at radius 1 is 1.27 bits per heavy atom. The molecule has 0 radical (unpaired) electrons. The summed E-state index contributed by atoms with van der Waals surface area (Å²) in [6.45, 7) is 2.05. The molecule has 2 heterocycles. The maximum Gasteiger partial charge on any atom is 0.0992 e. The lowest BCUT2D eigenvalue weighted by Crippen LogP contribution is -1.97. The molecule has 56 valence electrons. The van der Waals surface area contributed by atoms with E-state index in [2.05, 4.69) is 22.5 Å². The second-order valence-corrected chi connectivity index (χ2v) is 3.00. The molecule has 0 bridgehead atoms. The van der Waals surface area contributed by atoms with Crippen molar-refractivity contribution in [3.63, 3.8) is 0 Å². The van der Waals surface area contributed by atoms with Crippen LogP contribution in [0.3, 0.4) is 0 Å². The highest BCUT2D eigenvalue weighted by Gasteiger charge is 2.01.